The van der Waals surface area contributed by atoms with E-state index < -0.39 is 0 Å². The molecule has 4 heteroatoms. The third-order valence-electron chi connectivity index (χ3n) is 2.87. The van der Waals surface area contributed by atoms with E-state index in [1.807, 2.05) is 45.9 Å². The van der Waals surface area contributed by atoms with Crippen LogP contribution in [-0.4, -0.2) is 19.6 Å². The normalized spacial score (nSPS) is 12.1. The van der Waals surface area contributed by atoms with Gasteiger partial charge in [0.25, 0.3) is 0 Å². The molecule has 0 aliphatic rings. The van der Waals surface area contributed by atoms with Crippen molar-refractivity contribution in [2.24, 2.45) is 5.92 Å². The van der Waals surface area contributed by atoms with Crippen molar-refractivity contribution in [1.29, 1.82) is 0 Å². The predicted octanol–water partition coefficient (Wildman–Crippen LogP) is 2.93. The van der Waals surface area contributed by atoms with Gasteiger partial charge in [-0.25, -0.2) is 0 Å². The minimum absolute atomic E-state index is 0.0213. The topological polar surface area (TPSA) is 47.6 Å². The van der Waals surface area contributed by atoms with Crippen LogP contribution in [-0.2, 0) is 4.79 Å². The molecule has 1 rings (SSSR count). The summed E-state index contributed by atoms with van der Waals surface area (Å²) in [7, 11) is 1.61. The van der Waals surface area contributed by atoms with Crippen LogP contribution in [0.15, 0.2) is 18.2 Å². The van der Waals surface area contributed by atoms with Crippen molar-refractivity contribution in [3.8, 4) is 11.5 Å². The van der Waals surface area contributed by atoms with Crippen LogP contribution in [0.3, 0.4) is 0 Å². The minimum atomic E-state index is -0.0560. The van der Waals surface area contributed by atoms with Gasteiger partial charge in [0.15, 0.2) is 11.5 Å². The standard InChI is InChI=1S/C15H23NO3/c1-6-19-13-8-7-12(9-14(13)18-5)11(4)16-15(17)10(2)3/h7-11H,6H2,1-5H3,(H,16,17). The Hall–Kier alpha value is -1.71. The molecule has 19 heavy (non-hydrogen) atoms. The second-order valence-corrected chi connectivity index (χ2v) is 4.73. The first kappa shape index (κ1) is 15.3. The minimum Gasteiger partial charge on any atom is -0.493 e. The molecule has 1 unspecified atom stereocenters. The molecule has 106 valence electrons. The summed E-state index contributed by atoms with van der Waals surface area (Å²) >= 11 is 0. The van der Waals surface area contributed by atoms with E-state index in [1.165, 1.54) is 0 Å². The number of hydrogen-bond donors (Lipinski definition) is 1. The van der Waals surface area contributed by atoms with Crippen molar-refractivity contribution in [2.45, 2.75) is 33.7 Å². The fourth-order valence-electron chi connectivity index (χ4n) is 1.69. The van der Waals surface area contributed by atoms with E-state index in [0.717, 1.165) is 11.3 Å². The number of hydrogen-bond acceptors (Lipinski definition) is 3. The zero-order valence-corrected chi connectivity index (χ0v) is 12.3. The van der Waals surface area contributed by atoms with Crippen LogP contribution in [0.1, 0.15) is 39.3 Å². The van der Waals surface area contributed by atoms with Crippen LogP contribution in [0.4, 0.5) is 0 Å². The summed E-state index contributed by atoms with van der Waals surface area (Å²) in [5, 5.41) is 2.96. The Kier molecular flexibility index (Phi) is 5.67. The van der Waals surface area contributed by atoms with E-state index >= 15 is 0 Å². The van der Waals surface area contributed by atoms with Crippen LogP contribution in [0.5, 0.6) is 11.5 Å². The van der Waals surface area contributed by atoms with Gasteiger partial charge in [0.1, 0.15) is 0 Å². The molecule has 1 atom stereocenters. The maximum atomic E-state index is 11.7. The Morgan fingerprint density at radius 3 is 2.47 bits per heavy atom. The smallest absolute Gasteiger partial charge is 0.223 e. The molecule has 1 aromatic rings. The van der Waals surface area contributed by atoms with Gasteiger partial charge in [-0.1, -0.05) is 19.9 Å². The van der Waals surface area contributed by atoms with Crippen LogP contribution in [0.2, 0.25) is 0 Å². The maximum absolute atomic E-state index is 11.7. The Balaban J connectivity index is 2.86. The maximum Gasteiger partial charge on any atom is 0.223 e. The summed E-state index contributed by atoms with van der Waals surface area (Å²) in [5.41, 5.74) is 0.995. The van der Waals surface area contributed by atoms with Crippen LogP contribution in [0, 0.1) is 5.92 Å². The fourth-order valence-corrected chi connectivity index (χ4v) is 1.69. The first-order valence-corrected chi connectivity index (χ1v) is 6.60. The van der Waals surface area contributed by atoms with E-state index in [-0.39, 0.29) is 17.9 Å². The van der Waals surface area contributed by atoms with Gasteiger partial charge in [-0.3, -0.25) is 4.79 Å². The van der Waals surface area contributed by atoms with E-state index in [1.54, 1.807) is 7.11 Å². The molecule has 0 saturated carbocycles. The molecule has 1 aromatic carbocycles. The summed E-state index contributed by atoms with van der Waals surface area (Å²) in [6.07, 6.45) is 0. The van der Waals surface area contributed by atoms with Crippen molar-refractivity contribution >= 4 is 5.91 Å². The summed E-state index contributed by atoms with van der Waals surface area (Å²) in [4.78, 5) is 11.7. The molecule has 0 aliphatic carbocycles. The molecular formula is C15H23NO3. The SMILES string of the molecule is CCOc1ccc(C(C)NC(=O)C(C)C)cc1OC. The Labute approximate surface area is 115 Å². The Morgan fingerprint density at radius 2 is 1.95 bits per heavy atom. The number of benzene rings is 1. The number of carbonyl (C=O) groups is 1. The first-order valence-electron chi connectivity index (χ1n) is 6.60. The lowest BCUT2D eigenvalue weighted by molar-refractivity contribution is -0.124. The highest BCUT2D eigenvalue weighted by Crippen LogP contribution is 2.30. The van der Waals surface area contributed by atoms with Crippen LogP contribution < -0.4 is 14.8 Å². The van der Waals surface area contributed by atoms with Crippen molar-refractivity contribution in [2.75, 3.05) is 13.7 Å². The zero-order valence-electron chi connectivity index (χ0n) is 12.3. The van der Waals surface area contributed by atoms with Crippen LogP contribution >= 0.6 is 0 Å². The van der Waals surface area contributed by atoms with Gasteiger partial charge in [-0.05, 0) is 31.5 Å². The number of nitrogens with one attached hydrogen (secondary N) is 1. The van der Waals surface area contributed by atoms with Gasteiger partial charge < -0.3 is 14.8 Å². The van der Waals surface area contributed by atoms with E-state index in [0.29, 0.717) is 12.4 Å². The summed E-state index contributed by atoms with van der Waals surface area (Å²) in [6, 6.07) is 5.66. The highest BCUT2D eigenvalue weighted by Gasteiger charge is 2.14. The average Bonchev–Trinajstić information content (AvgIpc) is 2.39. The monoisotopic (exact) mass is 265 g/mol. The molecule has 4 nitrogen and oxygen atoms in total. The largest absolute Gasteiger partial charge is 0.493 e. The molecule has 0 fully saturated rings. The number of amides is 1. The van der Waals surface area contributed by atoms with E-state index in [4.69, 9.17) is 9.47 Å². The lowest BCUT2D eigenvalue weighted by Crippen LogP contribution is -2.30. The van der Waals surface area contributed by atoms with Crippen LogP contribution in [0.25, 0.3) is 0 Å². The number of ether oxygens (including phenoxy) is 2. The van der Waals surface area contributed by atoms with Crippen molar-refractivity contribution < 1.29 is 14.3 Å². The van der Waals surface area contributed by atoms with Gasteiger partial charge in [-0.15, -0.1) is 0 Å². The summed E-state index contributed by atoms with van der Waals surface area (Å²) < 4.78 is 10.8. The lowest BCUT2D eigenvalue weighted by Gasteiger charge is -2.18. The molecule has 0 heterocycles. The van der Waals surface area contributed by atoms with Gasteiger partial charge in [-0.2, -0.15) is 0 Å². The van der Waals surface area contributed by atoms with Crippen molar-refractivity contribution in [3.63, 3.8) is 0 Å². The fraction of sp³-hybridized carbons (Fsp3) is 0.533. The molecular weight excluding hydrogens is 242 g/mol. The molecule has 0 saturated heterocycles. The molecule has 0 bridgehead atoms. The average molecular weight is 265 g/mol. The zero-order chi connectivity index (χ0) is 14.4. The molecule has 0 aromatic heterocycles. The Bertz CT molecular complexity index is 429. The number of rotatable bonds is 6. The molecule has 0 radical (unpaired) electrons. The number of methoxy groups -OCH3 is 1. The van der Waals surface area contributed by atoms with Gasteiger partial charge in [0.05, 0.1) is 19.8 Å². The van der Waals surface area contributed by atoms with Gasteiger partial charge in [0.2, 0.25) is 5.91 Å². The third kappa shape index (κ3) is 4.16. The van der Waals surface area contributed by atoms with Gasteiger partial charge in [0, 0.05) is 5.92 Å². The molecule has 0 aliphatic heterocycles. The molecule has 1 amide bonds. The second kappa shape index (κ2) is 7.02. The number of carbonyl (C=O) groups excluding carboxylic acids is 1. The second-order valence-electron chi connectivity index (χ2n) is 4.73. The highest BCUT2D eigenvalue weighted by molar-refractivity contribution is 5.78. The Morgan fingerprint density at radius 1 is 1.26 bits per heavy atom. The summed E-state index contributed by atoms with van der Waals surface area (Å²) in [5.74, 6) is 1.42. The third-order valence-corrected chi connectivity index (χ3v) is 2.87. The van der Waals surface area contributed by atoms with Gasteiger partial charge >= 0.3 is 0 Å². The predicted molar refractivity (Wildman–Crippen MR) is 75.6 cm³/mol. The lowest BCUT2D eigenvalue weighted by atomic mass is 10.1. The van der Waals surface area contributed by atoms with Crippen molar-refractivity contribution in [3.05, 3.63) is 23.8 Å². The van der Waals surface area contributed by atoms with E-state index in [2.05, 4.69) is 5.32 Å². The highest BCUT2D eigenvalue weighted by atomic mass is 16.5. The molecule has 0 spiro atoms. The summed E-state index contributed by atoms with van der Waals surface area (Å²) in [6.45, 7) is 8.23. The molecule has 1 N–H and O–H groups in total. The van der Waals surface area contributed by atoms with E-state index in [9.17, 15) is 4.79 Å². The quantitative estimate of drug-likeness (QED) is 0.860. The first-order chi connectivity index (χ1) is 8.99. The van der Waals surface area contributed by atoms with Crippen molar-refractivity contribution in [1.82, 2.24) is 5.32 Å².